The Hall–Kier alpha value is -2.75. The maximum Gasteiger partial charge on any atom is 0.338 e. The second kappa shape index (κ2) is 5.56. The molecule has 1 heterocycles. The lowest BCUT2D eigenvalue weighted by Crippen LogP contribution is -2.08. The largest absolute Gasteiger partial charge is 0.465 e. The van der Waals surface area contributed by atoms with Gasteiger partial charge < -0.3 is 4.74 Å². The number of hydrogen-bond donors (Lipinski definition) is 0. The van der Waals surface area contributed by atoms with E-state index in [1.807, 2.05) is 30.3 Å². The van der Waals surface area contributed by atoms with E-state index in [9.17, 15) is 9.18 Å². The third-order valence-corrected chi connectivity index (χ3v) is 3.63. The van der Waals surface area contributed by atoms with Gasteiger partial charge in [-0.2, -0.15) is 0 Å². The average molecular weight is 295 g/mol. The van der Waals surface area contributed by atoms with Crippen LogP contribution in [0.25, 0.3) is 22.2 Å². The van der Waals surface area contributed by atoms with Gasteiger partial charge in [-0.3, -0.25) is 0 Å². The quantitative estimate of drug-likeness (QED) is 0.667. The Kier molecular flexibility index (Phi) is 3.59. The Morgan fingerprint density at radius 3 is 2.55 bits per heavy atom. The Labute approximate surface area is 127 Å². The molecule has 3 rings (SSSR count). The van der Waals surface area contributed by atoms with E-state index in [-0.39, 0.29) is 0 Å². The molecule has 0 atom stereocenters. The van der Waals surface area contributed by atoms with Gasteiger partial charge in [0.25, 0.3) is 0 Å². The van der Waals surface area contributed by atoms with Crippen LogP contribution in [0.5, 0.6) is 0 Å². The van der Waals surface area contributed by atoms with Gasteiger partial charge in [-0.15, -0.1) is 0 Å². The summed E-state index contributed by atoms with van der Waals surface area (Å²) in [5.74, 6) is -0.904. The van der Waals surface area contributed by atoms with Crippen molar-refractivity contribution in [1.82, 2.24) is 4.98 Å². The summed E-state index contributed by atoms with van der Waals surface area (Å²) in [6, 6.07) is 13.8. The zero-order valence-corrected chi connectivity index (χ0v) is 12.3. The molecule has 3 nitrogen and oxygen atoms in total. The Balaban J connectivity index is 2.39. The van der Waals surface area contributed by atoms with Gasteiger partial charge >= 0.3 is 5.97 Å². The SMILES string of the molecule is COC(=O)c1c(C)c(-c2ccccc2)nc2ccc(F)cc12. The number of hydrogen-bond acceptors (Lipinski definition) is 3. The van der Waals surface area contributed by atoms with Crippen LogP contribution in [0.15, 0.2) is 48.5 Å². The molecule has 0 fully saturated rings. The fraction of sp³-hybridized carbons (Fsp3) is 0.111. The smallest absolute Gasteiger partial charge is 0.338 e. The molecule has 0 unspecified atom stereocenters. The minimum absolute atomic E-state index is 0.353. The predicted octanol–water partition coefficient (Wildman–Crippen LogP) is 4.14. The normalized spacial score (nSPS) is 10.7. The summed E-state index contributed by atoms with van der Waals surface area (Å²) in [6.07, 6.45) is 0. The second-order valence-corrected chi connectivity index (χ2v) is 4.98. The van der Waals surface area contributed by atoms with Gasteiger partial charge in [-0.1, -0.05) is 30.3 Å². The van der Waals surface area contributed by atoms with Gasteiger partial charge in [-0.25, -0.2) is 14.2 Å². The summed E-state index contributed by atoms with van der Waals surface area (Å²) in [5.41, 5.74) is 3.18. The summed E-state index contributed by atoms with van der Waals surface area (Å²) in [6.45, 7) is 1.80. The lowest BCUT2D eigenvalue weighted by molar-refractivity contribution is 0.0602. The van der Waals surface area contributed by atoms with Crippen molar-refractivity contribution in [2.45, 2.75) is 6.92 Å². The van der Waals surface area contributed by atoms with Crippen LogP contribution in [-0.4, -0.2) is 18.1 Å². The molecule has 22 heavy (non-hydrogen) atoms. The summed E-state index contributed by atoms with van der Waals surface area (Å²) in [4.78, 5) is 16.8. The molecule has 1 aromatic heterocycles. The standard InChI is InChI=1S/C18H14FNO2/c1-11-16(18(21)22-2)14-10-13(19)8-9-15(14)20-17(11)12-6-4-3-5-7-12/h3-10H,1-2H3. The summed E-state index contributed by atoms with van der Waals surface area (Å²) in [7, 11) is 1.32. The molecule has 0 saturated carbocycles. The molecule has 0 aliphatic heterocycles. The van der Waals surface area contributed by atoms with Crippen LogP contribution in [0.4, 0.5) is 4.39 Å². The molecule has 0 aliphatic carbocycles. The van der Waals surface area contributed by atoms with Gasteiger partial charge in [0.1, 0.15) is 5.82 Å². The number of pyridine rings is 1. The minimum Gasteiger partial charge on any atom is -0.465 e. The van der Waals surface area contributed by atoms with Crippen LogP contribution >= 0.6 is 0 Å². The van der Waals surface area contributed by atoms with Gasteiger partial charge in [0, 0.05) is 10.9 Å². The van der Waals surface area contributed by atoms with E-state index in [4.69, 9.17) is 4.74 Å². The van der Waals surface area contributed by atoms with E-state index in [0.29, 0.717) is 27.7 Å². The first-order chi connectivity index (χ1) is 10.6. The van der Waals surface area contributed by atoms with E-state index >= 15 is 0 Å². The molecule has 110 valence electrons. The number of halogens is 1. The van der Waals surface area contributed by atoms with Crippen LogP contribution in [0.2, 0.25) is 0 Å². The number of carbonyl (C=O) groups excluding carboxylic acids is 1. The van der Waals surface area contributed by atoms with Crippen molar-refractivity contribution in [2.75, 3.05) is 7.11 Å². The number of ether oxygens (including phenoxy) is 1. The van der Waals surface area contributed by atoms with Crippen molar-refractivity contribution in [1.29, 1.82) is 0 Å². The molecule has 0 spiro atoms. The van der Waals surface area contributed by atoms with Crippen molar-refractivity contribution >= 4 is 16.9 Å². The molecule has 3 aromatic rings. The molecule has 0 N–H and O–H groups in total. The predicted molar refractivity (Wildman–Crippen MR) is 83.2 cm³/mol. The molecule has 2 aromatic carbocycles. The van der Waals surface area contributed by atoms with Crippen LogP contribution in [0.1, 0.15) is 15.9 Å². The van der Waals surface area contributed by atoms with E-state index in [0.717, 1.165) is 5.56 Å². The first-order valence-electron chi connectivity index (χ1n) is 6.85. The van der Waals surface area contributed by atoms with Gasteiger partial charge in [0.2, 0.25) is 0 Å². The van der Waals surface area contributed by atoms with Crippen molar-refractivity contribution in [3.8, 4) is 11.3 Å². The summed E-state index contributed by atoms with van der Waals surface area (Å²) < 4.78 is 18.4. The highest BCUT2D eigenvalue weighted by atomic mass is 19.1. The van der Waals surface area contributed by atoms with Crippen molar-refractivity contribution in [2.24, 2.45) is 0 Å². The average Bonchev–Trinajstić information content (AvgIpc) is 2.54. The molecular weight excluding hydrogens is 281 g/mol. The Morgan fingerprint density at radius 1 is 1.14 bits per heavy atom. The van der Waals surface area contributed by atoms with Crippen LogP contribution in [0.3, 0.4) is 0 Å². The monoisotopic (exact) mass is 295 g/mol. The number of nitrogens with zero attached hydrogens (tertiary/aromatic N) is 1. The molecule has 4 heteroatoms. The van der Waals surface area contributed by atoms with Gasteiger partial charge in [-0.05, 0) is 30.7 Å². The van der Waals surface area contributed by atoms with Gasteiger partial charge in [0.15, 0.2) is 0 Å². The first-order valence-corrected chi connectivity index (χ1v) is 6.85. The zero-order chi connectivity index (χ0) is 15.7. The number of fused-ring (bicyclic) bond motifs is 1. The number of benzene rings is 2. The number of methoxy groups -OCH3 is 1. The van der Waals surface area contributed by atoms with E-state index in [1.165, 1.54) is 19.2 Å². The number of rotatable bonds is 2. The third kappa shape index (κ3) is 2.33. The molecule has 0 saturated heterocycles. The van der Waals surface area contributed by atoms with Crippen LogP contribution < -0.4 is 0 Å². The highest BCUT2D eigenvalue weighted by Gasteiger charge is 2.19. The fourth-order valence-corrected chi connectivity index (χ4v) is 2.57. The number of esters is 1. The Bertz CT molecular complexity index is 860. The topological polar surface area (TPSA) is 39.2 Å². The summed E-state index contributed by atoms with van der Waals surface area (Å²) in [5, 5.41) is 0.462. The number of aromatic nitrogens is 1. The van der Waals surface area contributed by atoms with E-state index < -0.39 is 11.8 Å². The zero-order valence-electron chi connectivity index (χ0n) is 12.3. The first kappa shape index (κ1) is 14.2. The van der Waals surface area contributed by atoms with E-state index in [2.05, 4.69) is 4.98 Å². The van der Waals surface area contributed by atoms with Crippen molar-refractivity contribution < 1.29 is 13.9 Å². The Morgan fingerprint density at radius 2 is 1.86 bits per heavy atom. The highest BCUT2D eigenvalue weighted by Crippen LogP contribution is 2.30. The van der Waals surface area contributed by atoms with Gasteiger partial charge in [0.05, 0.1) is 23.9 Å². The highest BCUT2D eigenvalue weighted by molar-refractivity contribution is 6.06. The molecule has 0 amide bonds. The van der Waals surface area contributed by atoms with E-state index in [1.54, 1.807) is 13.0 Å². The van der Waals surface area contributed by atoms with Crippen molar-refractivity contribution in [3.05, 3.63) is 65.5 Å². The minimum atomic E-state index is -0.493. The third-order valence-electron chi connectivity index (χ3n) is 3.63. The second-order valence-electron chi connectivity index (χ2n) is 4.98. The van der Waals surface area contributed by atoms with Crippen LogP contribution in [0, 0.1) is 12.7 Å². The molecule has 0 radical (unpaired) electrons. The fourth-order valence-electron chi connectivity index (χ4n) is 2.57. The molecular formula is C18H14FNO2. The molecule has 0 bridgehead atoms. The molecule has 0 aliphatic rings. The maximum atomic E-state index is 13.6. The van der Waals surface area contributed by atoms with Crippen molar-refractivity contribution in [3.63, 3.8) is 0 Å². The van der Waals surface area contributed by atoms with Crippen LogP contribution in [-0.2, 0) is 4.74 Å². The maximum absolute atomic E-state index is 13.6. The lowest BCUT2D eigenvalue weighted by Gasteiger charge is -2.13. The summed E-state index contributed by atoms with van der Waals surface area (Å²) >= 11 is 0. The number of carbonyl (C=O) groups is 1. The lowest BCUT2D eigenvalue weighted by atomic mass is 9.98.